The van der Waals surface area contributed by atoms with Crippen LogP contribution < -0.4 is 0 Å². The summed E-state index contributed by atoms with van der Waals surface area (Å²) in [4.78, 5) is 38.4. The third-order valence-electron chi connectivity index (χ3n) is 16.2. The standard InChI is InChI=1S/C76H138O6/c1-4-7-10-13-16-19-22-25-27-29-31-33-35-36-37-38-39-40-42-43-45-47-49-51-54-57-60-63-66-69-75(78)81-72-73(71-80-74(77)68-65-62-59-56-53-24-21-18-15-12-9-6-3)82-76(79)70-67-64-61-58-55-52-50-48-46-44-41-34-32-30-28-26-23-20-17-14-11-8-5-2/h22-23,25-26,29-32,35-36,73H,4-21,24,27-28,33-34,37-72H2,1-3H3/b25-22-,26-23-,31-29-,32-30-,36-35-. The number of ether oxygens (including phenoxy) is 3. The summed E-state index contributed by atoms with van der Waals surface area (Å²) in [7, 11) is 0. The Morgan fingerprint density at radius 2 is 0.439 bits per heavy atom. The molecule has 0 saturated heterocycles. The van der Waals surface area contributed by atoms with E-state index in [2.05, 4.69) is 81.5 Å². The first-order chi connectivity index (χ1) is 40.5. The smallest absolute Gasteiger partial charge is 0.306 e. The molecule has 6 heteroatoms. The lowest BCUT2D eigenvalue weighted by molar-refractivity contribution is -0.167. The quantitative estimate of drug-likeness (QED) is 0.0261. The molecule has 0 bridgehead atoms. The summed E-state index contributed by atoms with van der Waals surface area (Å²) in [5.74, 6) is -0.849. The largest absolute Gasteiger partial charge is 0.462 e. The third kappa shape index (κ3) is 67.9. The lowest BCUT2D eigenvalue weighted by Gasteiger charge is -2.18. The third-order valence-corrected chi connectivity index (χ3v) is 16.2. The summed E-state index contributed by atoms with van der Waals surface area (Å²) >= 11 is 0. The fraction of sp³-hybridized carbons (Fsp3) is 0.829. The fourth-order valence-corrected chi connectivity index (χ4v) is 10.8. The molecule has 0 aliphatic carbocycles. The van der Waals surface area contributed by atoms with Gasteiger partial charge in [-0.1, -0.05) is 338 Å². The van der Waals surface area contributed by atoms with Crippen LogP contribution in [0.5, 0.6) is 0 Å². The molecule has 0 aromatic carbocycles. The molecule has 0 N–H and O–H groups in total. The van der Waals surface area contributed by atoms with Crippen LogP contribution >= 0.6 is 0 Å². The highest BCUT2D eigenvalue weighted by atomic mass is 16.6. The topological polar surface area (TPSA) is 78.9 Å². The molecule has 82 heavy (non-hydrogen) atoms. The van der Waals surface area contributed by atoms with Crippen molar-refractivity contribution < 1.29 is 28.6 Å². The maximum Gasteiger partial charge on any atom is 0.306 e. The predicted molar refractivity (Wildman–Crippen MR) is 358 cm³/mol. The highest BCUT2D eigenvalue weighted by Gasteiger charge is 2.19. The van der Waals surface area contributed by atoms with Gasteiger partial charge in [0.05, 0.1) is 0 Å². The monoisotopic (exact) mass is 1150 g/mol. The zero-order valence-electron chi connectivity index (χ0n) is 55.0. The zero-order valence-corrected chi connectivity index (χ0v) is 55.0. The van der Waals surface area contributed by atoms with Gasteiger partial charge in [0.2, 0.25) is 0 Å². The van der Waals surface area contributed by atoms with Crippen LogP contribution in [0.4, 0.5) is 0 Å². The first kappa shape index (κ1) is 79.1. The number of carbonyl (C=O) groups is 3. The molecule has 478 valence electrons. The Bertz CT molecular complexity index is 1460. The van der Waals surface area contributed by atoms with Crippen LogP contribution in [0, 0.1) is 0 Å². The van der Waals surface area contributed by atoms with Crippen molar-refractivity contribution in [1.82, 2.24) is 0 Å². The van der Waals surface area contributed by atoms with E-state index in [1.54, 1.807) is 0 Å². The van der Waals surface area contributed by atoms with Gasteiger partial charge >= 0.3 is 17.9 Å². The molecule has 0 heterocycles. The second kappa shape index (κ2) is 70.6. The molecule has 1 atom stereocenters. The molecule has 1 unspecified atom stereocenters. The summed E-state index contributed by atoms with van der Waals surface area (Å²) in [5.41, 5.74) is 0. The van der Waals surface area contributed by atoms with Crippen molar-refractivity contribution in [3.63, 3.8) is 0 Å². The normalized spacial score (nSPS) is 12.4. The van der Waals surface area contributed by atoms with Crippen LogP contribution in [-0.2, 0) is 28.6 Å². The Morgan fingerprint density at radius 3 is 0.683 bits per heavy atom. The van der Waals surface area contributed by atoms with Crippen molar-refractivity contribution in [2.24, 2.45) is 0 Å². The summed E-state index contributed by atoms with van der Waals surface area (Å²) in [6.45, 7) is 6.67. The van der Waals surface area contributed by atoms with Crippen LogP contribution in [0.2, 0.25) is 0 Å². The van der Waals surface area contributed by atoms with E-state index in [0.29, 0.717) is 19.3 Å². The van der Waals surface area contributed by atoms with E-state index >= 15 is 0 Å². The van der Waals surface area contributed by atoms with E-state index in [9.17, 15) is 14.4 Å². The van der Waals surface area contributed by atoms with Gasteiger partial charge < -0.3 is 14.2 Å². The van der Waals surface area contributed by atoms with Crippen LogP contribution in [0.3, 0.4) is 0 Å². The maximum absolute atomic E-state index is 13.0. The lowest BCUT2D eigenvalue weighted by Crippen LogP contribution is -2.30. The molecule has 0 aliphatic rings. The van der Waals surface area contributed by atoms with Crippen LogP contribution in [0.25, 0.3) is 0 Å². The highest BCUT2D eigenvalue weighted by Crippen LogP contribution is 2.18. The van der Waals surface area contributed by atoms with E-state index in [4.69, 9.17) is 14.2 Å². The molecule has 0 fully saturated rings. The first-order valence-electron chi connectivity index (χ1n) is 36.3. The summed E-state index contributed by atoms with van der Waals surface area (Å²) in [5, 5.41) is 0. The summed E-state index contributed by atoms with van der Waals surface area (Å²) in [6, 6.07) is 0. The number of unbranched alkanes of at least 4 members (excludes halogenated alkanes) is 46. The minimum Gasteiger partial charge on any atom is -0.462 e. The number of carbonyl (C=O) groups excluding carboxylic acids is 3. The predicted octanol–water partition coefficient (Wildman–Crippen LogP) is 25.1. The minimum absolute atomic E-state index is 0.0702. The average molecular weight is 1150 g/mol. The molecule has 0 aliphatic heterocycles. The second-order valence-corrected chi connectivity index (χ2v) is 24.5. The number of allylic oxidation sites excluding steroid dienone is 10. The van der Waals surface area contributed by atoms with Gasteiger partial charge in [-0.05, 0) is 89.9 Å². The van der Waals surface area contributed by atoms with E-state index in [1.807, 2.05) is 0 Å². The highest BCUT2D eigenvalue weighted by molar-refractivity contribution is 5.71. The molecule has 0 radical (unpaired) electrons. The van der Waals surface area contributed by atoms with Crippen LogP contribution in [-0.4, -0.2) is 37.2 Å². The van der Waals surface area contributed by atoms with Crippen molar-refractivity contribution in [3.8, 4) is 0 Å². The molecule has 6 nitrogen and oxygen atoms in total. The molecule has 0 rings (SSSR count). The Kier molecular flexibility index (Phi) is 68.1. The van der Waals surface area contributed by atoms with Crippen molar-refractivity contribution in [3.05, 3.63) is 60.8 Å². The summed E-state index contributed by atoms with van der Waals surface area (Å²) in [6.07, 6.45) is 91.1. The van der Waals surface area contributed by atoms with Gasteiger partial charge in [0.1, 0.15) is 13.2 Å². The second-order valence-electron chi connectivity index (χ2n) is 24.5. The first-order valence-corrected chi connectivity index (χ1v) is 36.3. The average Bonchev–Trinajstić information content (AvgIpc) is 3.47. The molecular formula is C76H138O6. The van der Waals surface area contributed by atoms with Gasteiger partial charge in [-0.2, -0.15) is 0 Å². The fourth-order valence-electron chi connectivity index (χ4n) is 10.8. The van der Waals surface area contributed by atoms with Gasteiger partial charge in [0.25, 0.3) is 0 Å². The minimum atomic E-state index is -0.774. The van der Waals surface area contributed by atoms with Crippen molar-refractivity contribution >= 4 is 17.9 Å². The van der Waals surface area contributed by atoms with Crippen LogP contribution in [0.15, 0.2) is 60.8 Å². The Balaban J connectivity index is 4.21. The molecule has 0 saturated carbocycles. The van der Waals surface area contributed by atoms with Crippen LogP contribution in [0.1, 0.15) is 387 Å². The summed E-state index contributed by atoms with van der Waals surface area (Å²) < 4.78 is 17.0. The lowest BCUT2D eigenvalue weighted by atomic mass is 10.0. The van der Waals surface area contributed by atoms with Gasteiger partial charge in [0, 0.05) is 19.3 Å². The van der Waals surface area contributed by atoms with Crippen molar-refractivity contribution in [1.29, 1.82) is 0 Å². The van der Waals surface area contributed by atoms with Crippen molar-refractivity contribution in [2.75, 3.05) is 13.2 Å². The van der Waals surface area contributed by atoms with Gasteiger partial charge in [-0.25, -0.2) is 0 Å². The Morgan fingerprint density at radius 1 is 0.244 bits per heavy atom. The van der Waals surface area contributed by atoms with E-state index in [0.717, 1.165) is 77.0 Å². The van der Waals surface area contributed by atoms with E-state index in [-0.39, 0.29) is 31.1 Å². The Hall–Kier alpha value is -2.89. The number of esters is 3. The van der Waals surface area contributed by atoms with E-state index < -0.39 is 6.10 Å². The van der Waals surface area contributed by atoms with Crippen molar-refractivity contribution in [2.45, 2.75) is 393 Å². The van der Waals surface area contributed by atoms with Gasteiger partial charge in [0.15, 0.2) is 6.10 Å². The molecule has 0 spiro atoms. The Labute approximate surface area is 510 Å². The van der Waals surface area contributed by atoms with Gasteiger partial charge in [-0.15, -0.1) is 0 Å². The molecule has 0 aromatic heterocycles. The maximum atomic E-state index is 13.0. The number of hydrogen-bond acceptors (Lipinski definition) is 6. The molecular weight excluding hydrogens is 1010 g/mol. The SMILES string of the molecule is CCCCCCC/C=C\C/C=C\C/C=C\CCCCCCCCCCCCCCCCC(=O)OCC(COC(=O)CCCCCCCCCCCCCC)OC(=O)CCCCCCCCCCCCC/C=C\C/C=C\CCCCCCC. The van der Waals surface area contributed by atoms with E-state index in [1.165, 1.54) is 270 Å². The number of hydrogen-bond donors (Lipinski definition) is 0. The molecule has 0 amide bonds. The van der Waals surface area contributed by atoms with Gasteiger partial charge in [-0.3, -0.25) is 14.4 Å². The number of rotatable bonds is 67. The zero-order chi connectivity index (χ0) is 59.2. The molecule has 0 aromatic rings.